The van der Waals surface area contributed by atoms with Crippen molar-refractivity contribution in [1.29, 1.82) is 0 Å². The third-order valence-electron chi connectivity index (χ3n) is 4.53. The van der Waals surface area contributed by atoms with Gasteiger partial charge >= 0.3 is 5.76 Å². The van der Waals surface area contributed by atoms with E-state index in [2.05, 4.69) is 4.90 Å². The molecule has 1 aliphatic heterocycles. The standard InChI is InChI=1S/C16H19ClN2O3/c17-12-1-4-15-14(7-12)19(16(20)22-15)10-18(13-2-3-13)8-11-5-6-21-9-11/h1,4,7,11,13H,2-3,5-6,8-10H2/t11-/m1/s1. The lowest BCUT2D eigenvalue weighted by atomic mass is 10.1. The van der Waals surface area contributed by atoms with E-state index in [1.165, 1.54) is 12.8 Å². The minimum absolute atomic E-state index is 0.314. The van der Waals surface area contributed by atoms with E-state index in [0.717, 1.165) is 31.7 Å². The quantitative estimate of drug-likeness (QED) is 0.849. The van der Waals surface area contributed by atoms with Crippen LogP contribution >= 0.6 is 11.6 Å². The molecule has 1 aromatic heterocycles. The van der Waals surface area contributed by atoms with Gasteiger partial charge in [-0.3, -0.25) is 9.47 Å². The van der Waals surface area contributed by atoms with Crippen LogP contribution in [0.1, 0.15) is 19.3 Å². The first-order valence-electron chi connectivity index (χ1n) is 7.81. The van der Waals surface area contributed by atoms with Gasteiger partial charge in [-0.25, -0.2) is 4.79 Å². The molecule has 1 saturated heterocycles. The second kappa shape index (κ2) is 5.72. The normalized spacial score (nSPS) is 22.0. The van der Waals surface area contributed by atoms with Crippen LogP contribution in [0.15, 0.2) is 27.4 Å². The molecule has 0 radical (unpaired) electrons. The fraction of sp³-hybridized carbons (Fsp3) is 0.562. The van der Waals surface area contributed by atoms with Crippen LogP contribution in [0.4, 0.5) is 0 Å². The lowest BCUT2D eigenvalue weighted by Crippen LogP contribution is -2.36. The van der Waals surface area contributed by atoms with Crippen LogP contribution in [0.2, 0.25) is 5.02 Å². The third kappa shape index (κ3) is 2.81. The van der Waals surface area contributed by atoms with E-state index >= 15 is 0 Å². The number of benzene rings is 1. The first-order chi connectivity index (χ1) is 10.7. The molecule has 2 fully saturated rings. The van der Waals surface area contributed by atoms with Crippen LogP contribution in [0.25, 0.3) is 11.1 Å². The number of oxazole rings is 1. The van der Waals surface area contributed by atoms with Crippen molar-refractivity contribution in [2.45, 2.75) is 32.0 Å². The minimum Gasteiger partial charge on any atom is -0.408 e. The van der Waals surface area contributed by atoms with Crippen LogP contribution in [0.5, 0.6) is 0 Å². The topological polar surface area (TPSA) is 47.6 Å². The zero-order valence-corrected chi connectivity index (χ0v) is 13.1. The number of rotatable bonds is 5. The van der Waals surface area contributed by atoms with Gasteiger partial charge in [-0.2, -0.15) is 0 Å². The minimum atomic E-state index is -0.314. The first kappa shape index (κ1) is 14.3. The molecule has 4 rings (SSSR count). The molecule has 0 bridgehead atoms. The number of hydrogen-bond donors (Lipinski definition) is 0. The predicted molar refractivity (Wildman–Crippen MR) is 84.1 cm³/mol. The van der Waals surface area contributed by atoms with Crippen molar-refractivity contribution in [3.8, 4) is 0 Å². The van der Waals surface area contributed by atoms with Gasteiger partial charge in [-0.05, 0) is 43.4 Å². The Bertz CT molecular complexity index is 729. The van der Waals surface area contributed by atoms with Gasteiger partial charge in [-0.1, -0.05) is 11.6 Å². The number of ether oxygens (including phenoxy) is 1. The van der Waals surface area contributed by atoms with E-state index in [0.29, 0.717) is 29.2 Å². The summed E-state index contributed by atoms with van der Waals surface area (Å²) in [6.07, 6.45) is 3.52. The van der Waals surface area contributed by atoms with E-state index in [1.807, 2.05) is 0 Å². The molecule has 0 amide bonds. The molecule has 1 atom stereocenters. The summed E-state index contributed by atoms with van der Waals surface area (Å²) in [5.41, 5.74) is 1.36. The van der Waals surface area contributed by atoms with Crippen LogP contribution in [-0.2, 0) is 11.4 Å². The Morgan fingerprint density at radius 3 is 2.91 bits per heavy atom. The molecule has 1 aliphatic carbocycles. The van der Waals surface area contributed by atoms with Crippen molar-refractivity contribution in [2.75, 3.05) is 19.8 Å². The van der Waals surface area contributed by atoms with Crippen molar-refractivity contribution in [2.24, 2.45) is 5.92 Å². The highest BCUT2D eigenvalue weighted by Crippen LogP contribution is 2.30. The summed E-state index contributed by atoms with van der Waals surface area (Å²) in [4.78, 5) is 14.6. The maximum absolute atomic E-state index is 12.2. The first-order valence-corrected chi connectivity index (χ1v) is 8.19. The van der Waals surface area contributed by atoms with Gasteiger partial charge in [0.15, 0.2) is 5.58 Å². The number of nitrogens with zero attached hydrogens (tertiary/aromatic N) is 2. The molecule has 2 heterocycles. The van der Waals surface area contributed by atoms with Crippen LogP contribution < -0.4 is 5.76 Å². The number of halogens is 1. The number of hydrogen-bond acceptors (Lipinski definition) is 4. The second-order valence-electron chi connectivity index (χ2n) is 6.28. The maximum Gasteiger partial charge on any atom is 0.421 e. The highest BCUT2D eigenvalue weighted by Gasteiger charge is 2.32. The molecular weight excluding hydrogens is 304 g/mol. The zero-order chi connectivity index (χ0) is 15.1. The lowest BCUT2D eigenvalue weighted by Gasteiger charge is -2.24. The third-order valence-corrected chi connectivity index (χ3v) is 4.77. The van der Waals surface area contributed by atoms with E-state index < -0.39 is 0 Å². The summed E-state index contributed by atoms with van der Waals surface area (Å²) in [5, 5.41) is 0.615. The summed E-state index contributed by atoms with van der Waals surface area (Å²) < 4.78 is 12.5. The molecular formula is C16H19ClN2O3. The van der Waals surface area contributed by atoms with E-state index in [4.69, 9.17) is 20.8 Å². The van der Waals surface area contributed by atoms with E-state index in [-0.39, 0.29) is 5.76 Å². The van der Waals surface area contributed by atoms with Gasteiger partial charge in [0.05, 0.1) is 18.8 Å². The largest absolute Gasteiger partial charge is 0.421 e. The van der Waals surface area contributed by atoms with E-state index in [1.54, 1.807) is 22.8 Å². The molecule has 0 N–H and O–H groups in total. The highest BCUT2D eigenvalue weighted by atomic mass is 35.5. The Balaban J connectivity index is 1.61. The van der Waals surface area contributed by atoms with Crippen molar-refractivity contribution in [3.63, 3.8) is 0 Å². The smallest absolute Gasteiger partial charge is 0.408 e. The van der Waals surface area contributed by atoms with Crippen molar-refractivity contribution in [1.82, 2.24) is 9.47 Å². The summed E-state index contributed by atoms with van der Waals surface area (Å²) in [5.74, 6) is 0.253. The Labute approximate surface area is 133 Å². The average molecular weight is 323 g/mol. The van der Waals surface area contributed by atoms with Gasteiger partial charge in [0, 0.05) is 24.2 Å². The molecule has 0 unspecified atom stereocenters. The van der Waals surface area contributed by atoms with Crippen molar-refractivity contribution in [3.05, 3.63) is 33.8 Å². The molecule has 1 saturated carbocycles. The van der Waals surface area contributed by atoms with Gasteiger partial charge < -0.3 is 9.15 Å². The van der Waals surface area contributed by atoms with Gasteiger partial charge in [-0.15, -0.1) is 0 Å². The molecule has 0 spiro atoms. The van der Waals surface area contributed by atoms with Gasteiger partial charge in [0.25, 0.3) is 0 Å². The van der Waals surface area contributed by atoms with Crippen molar-refractivity contribution < 1.29 is 9.15 Å². The Morgan fingerprint density at radius 2 is 2.18 bits per heavy atom. The Hall–Kier alpha value is -1.30. The second-order valence-corrected chi connectivity index (χ2v) is 6.72. The fourth-order valence-corrected chi connectivity index (χ4v) is 3.34. The SMILES string of the molecule is O=c1oc2ccc(Cl)cc2n1CN(C[C@H]1CCOC1)C1CC1. The van der Waals surface area contributed by atoms with Crippen LogP contribution in [0.3, 0.4) is 0 Å². The summed E-state index contributed by atoms with van der Waals surface area (Å²) >= 11 is 6.06. The van der Waals surface area contributed by atoms with Crippen molar-refractivity contribution >= 4 is 22.7 Å². The summed E-state index contributed by atoms with van der Waals surface area (Å²) in [7, 11) is 0. The summed E-state index contributed by atoms with van der Waals surface area (Å²) in [6, 6.07) is 5.87. The summed E-state index contributed by atoms with van der Waals surface area (Å²) in [6.45, 7) is 3.22. The molecule has 118 valence electrons. The molecule has 2 aliphatic rings. The Kier molecular flexibility index (Phi) is 3.72. The van der Waals surface area contributed by atoms with E-state index in [9.17, 15) is 4.79 Å². The highest BCUT2D eigenvalue weighted by molar-refractivity contribution is 6.31. The number of fused-ring (bicyclic) bond motifs is 1. The average Bonchev–Trinajstić information content (AvgIpc) is 3.14. The van der Waals surface area contributed by atoms with Crippen LogP contribution in [-0.4, -0.2) is 35.3 Å². The van der Waals surface area contributed by atoms with Gasteiger partial charge in [0.1, 0.15) is 0 Å². The zero-order valence-electron chi connectivity index (χ0n) is 12.3. The lowest BCUT2D eigenvalue weighted by molar-refractivity contribution is 0.145. The maximum atomic E-state index is 12.2. The molecule has 5 nitrogen and oxygen atoms in total. The van der Waals surface area contributed by atoms with Crippen LogP contribution in [0, 0.1) is 5.92 Å². The fourth-order valence-electron chi connectivity index (χ4n) is 3.17. The monoisotopic (exact) mass is 322 g/mol. The van der Waals surface area contributed by atoms with Gasteiger partial charge in [0.2, 0.25) is 0 Å². The molecule has 6 heteroatoms. The number of aromatic nitrogens is 1. The molecule has 2 aromatic rings. The Morgan fingerprint density at radius 1 is 1.32 bits per heavy atom. The molecule has 1 aromatic carbocycles. The predicted octanol–water partition coefficient (Wildman–Crippen LogP) is 2.71. The molecule has 22 heavy (non-hydrogen) atoms.